The average Bonchev–Trinajstić information content (AvgIpc) is 2.80. The Kier molecular flexibility index (Phi) is 3.78. The predicted molar refractivity (Wildman–Crippen MR) is 78.5 cm³/mol. The van der Waals surface area contributed by atoms with Gasteiger partial charge in [0, 0.05) is 18.0 Å². The minimum atomic E-state index is -3.77. The van der Waals surface area contributed by atoms with Crippen molar-refractivity contribution in [2.24, 2.45) is 0 Å². The molecule has 1 heterocycles. The van der Waals surface area contributed by atoms with E-state index in [1.165, 1.54) is 18.4 Å². The largest absolute Gasteiger partial charge is 0.398 e. The number of carbonyl (C=O) groups excluding carboxylic acids is 1. The second-order valence-corrected chi connectivity index (χ2v) is 6.68. The number of nitrogens with two attached hydrogens (primary N) is 1. The standard InChI is InChI=1S/C12H13N3O3S2/c1-7-9(13)4-3-5-11(7)20(17,18)15-12-14-10(6-19-12)8(2)16/h3-6H,13H2,1-2H3,(H,14,15). The molecule has 0 aliphatic heterocycles. The van der Waals surface area contributed by atoms with E-state index in [-0.39, 0.29) is 21.5 Å². The molecular weight excluding hydrogens is 298 g/mol. The van der Waals surface area contributed by atoms with Gasteiger partial charge in [-0.3, -0.25) is 9.52 Å². The van der Waals surface area contributed by atoms with Crippen LogP contribution in [0.2, 0.25) is 0 Å². The summed E-state index contributed by atoms with van der Waals surface area (Å²) in [6.45, 7) is 3.00. The van der Waals surface area contributed by atoms with E-state index in [9.17, 15) is 13.2 Å². The lowest BCUT2D eigenvalue weighted by Gasteiger charge is -2.09. The molecule has 0 radical (unpaired) electrons. The summed E-state index contributed by atoms with van der Waals surface area (Å²) in [4.78, 5) is 15.2. The quantitative estimate of drug-likeness (QED) is 0.664. The molecular formula is C12H13N3O3S2. The molecule has 0 aliphatic carbocycles. The number of hydrogen-bond donors (Lipinski definition) is 2. The number of nitrogens with zero attached hydrogens (tertiary/aromatic N) is 1. The zero-order valence-corrected chi connectivity index (χ0v) is 12.5. The van der Waals surface area contributed by atoms with Crippen LogP contribution >= 0.6 is 11.3 Å². The van der Waals surface area contributed by atoms with Gasteiger partial charge in [-0.05, 0) is 24.6 Å². The number of nitrogen functional groups attached to an aromatic ring is 1. The Morgan fingerprint density at radius 3 is 2.70 bits per heavy atom. The molecule has 8 heteroatoms. The van der Waals surface area contributed by atoms with E-state index in [4.69, 9.17) is 5.73 Å². The Balaban J connectivity index is 2.35. The number of rotatable bonds is 4. The van der Waals surface area contributed by atoms with E-state index in [1.54, 1.807) is 19.1 Å². The molecule has 106 valence electrons. The van der Waals surface area contributed by atoms with Crippen molar-refractivity contribution in [1.29, 1.82) is 0 Å². The zero-order chi connectivity index (χ0) is 14.9. The summed E-state index contributed by atoms with van der Waals surface area (Å²) >= 11 is 1.06. The van der Waals surface area contributed by atoms with Gasteiger partial charge in [0.05, 0.1) is 4.90 Å². The van der Waals surface area contributed by atoms with E-state index in [0.717, 1.165) is 11.3 Å². The highest BCUT2D eigenvalue weighted by Gasteiger charge is 2.19. The first-order valence-electron chi connectivity index (χ1n) is 5.65. The van der Waals surface area contributed by atoms with Crippen molar-refractivity contribution in [2.45, 2.75) is 18.7 Å². The monoisotopic (exact) mass is 311 g/mol. The zero-order valence-electron chi connectivity index (χ0n) is 10.9. The third-order valence-corrected chi connectivity index (χ3v) is 5.07. The summed E-state index contributed by atoms with van der Waals surface area (Å²) < 4.78 is 26.9. The average molecular weight is 311 g/mol. The van der Waals surface area contributed by atoms with Crippen LogP contribution in [0.1, 0.15) is 23.0 Å². The van der Waals surface area contributed by atoms with Crippen molar-refractivity contribution in [1.82, 2.24) is 4.98 Å². The summed E-state index contributed by atoms with van der Waals surface area (Å²) in [7, 11) is -3.77. The molecule has 2 rings (SSSR count). The SMILES string of the molecule is CC(=O)c1csc(NS(=O)(=O)c2cccc(N)c2C)n1. The molecule has 0 saturated carbocycles. The Bertz CT molecular complexity index is 766. The fourth-order valence-corrected chi connectivity index (χ4v) is 3.85. The molecule has 0 spiro atoms. The maximum absolute atomic E-state index is 12.3. The molecule has 0 unspecified atom stereocenters. The maximum Gasteiger partial charge on any atom is 0.264 e. The van der Waals surface area contributed by atoms with Gasteiger partial charge in [0.25, 0.3) is 10.0 Å². The van der Waals surface area contributed by atoms with Crippen LogP contribution in [0.15, 0.2) is 28.5 Å². The lowest BCUT2D eigenvalue weighted by molar-refractivity contribution is 0.101. The molecule has 0 bridgehead atoms. The van der Waals surface area contributed by atoms with Gasteiger partial charge in [0.15, 0.2) is 10.9 Å². The number of Topliss-reactive ketones (excluding diaryl/α,β-unsaturated/α-hetero) is 1. The minimum Gasteiger partial charge on any atom is -0.398 e. The van der Waals surface area contributed by atoms with Crippen LogP contribution in [-0.4, -0.2) is 19.2 Å². The Labute approximate surface area is 120 Å². The van der Waals surface area contributed by atoms with Gasteiger partial charge in [0.1, 0.15) is 5.69 Å². The van der Waals surface area contributed by atoms with Crippen LogP contribution in [0.4, 0.5) is 10.8 Å². The van der Waals surface area contributed by atoms with Crippen molar-refractivity contribution >= 4 is 38.0 Å². The summed E-state index contributed by atoms with van der Waals surface area (Å²) in [6.07, 6.45) is 0. The minimum absolute atomic E-state index is 0.0945. The number of aromatic nitrogens is 1. The highest BCUT2D eigenvalue weighted by molar-refractivity contribution is 7.93. The first-order chi connectivity index (χ1) is 9.31. The van der Waals surface area contributed by atoms with Crippen molar-refractivity contribution in [3.05, 3.63) is 34.8 Å². The van der Waals surface area contributed by atoms with Crippen molar-refractivity contribution in [3.63, 3.8) is 0 Å². The van der Waals surface area contributed by atoms with Crippen LogP contribution in [0, 0.1) is 6.92 Å². The number of ketones is 1. The molecule has 3 N–H and O–H groups in total. The van der Waals surface area contributed by atoms with Crippen LogP contribution in [-0.2, 0) is 10.0 Å². The third-order valence-electron chi connectivity index (χ3n) is 2.70. The number of thiazole rings is 1. The van der Waals surface area contributed by atoms with Gasteiger partial charge >= 0.3 is 0 Å². The summed E-state index contributed by atoms with van der Waals surface area (Å²) in [5.41, 5.74) is 6.81. The maximum atomic E-state index is 12.3. The normalized spacial score (nSPS) is 11.3. The fraction of sp³-hybridized carbons (Fsp3) is 0.167. The molecule has 6 nitrogen and oxygen atoms in total. The highest BCUT2D eigenvalue weighted by Crippen LogP contribution is 2.24. The van der Waals surface area contributed by atoms with Gasteiger partial charge in [0.2, 0.25) is 0 Å². The molecule has 2 aromatic rings. The van der Waals surface area contributed by atoms with E-state index < -0.39 is 10.0 Å². The molecule has 0 aliphatic rings. The number of sulfonamides is 1. The third kappa shape index (κ3) is 2.81. The molecule has 1 aromatic carbocycles. The van der Waals surface area contributed by atoms with Crippen molar-refractivity contribution in [2.75, 3.05) is 10.5 Å². The van der Waals surface area contributed by atoms with Gasteiger partial charge in [-0.15, -0.1) is 11.3 Å². The van der Waals surface area contributed by atoms with Crippen LogP contribution in [0.25, 0.3) is 0 Å². The number of carbonyl (C=O) groups is 1. The topological polar surface area (TPSA) is 102 Å². The van der Waals surface area contributed by atoms with Crippen molar-refractivity contribution in [3.8, 4) is 0 Å². The number of nitrogens with one attached hydrogen (secondary N) is 1. The predicted octanol–water partition coefficient (Wildman–Crippen LogP) is 2.04. The van der Waals surface area contributed by atoms with Gasteiger partial charge in [-0.2, -0.15) is 0 Å². The van der Waals surface area contributed by atoms with Gasteiger partial charge < -0.3 is 5.73 Å². The van der Waals surface area contributed by atoms with Crippen molar-refractivity contribution < 1.29 is 13.2 Å². The summed E-state index contributed by atoms with van der Waals surface area (Å²) in [5.74, 6) is -0.216. The highest BCUT2D eigenvalue weighted by atomic mass is 32.2. The molecule has 0 atom stereocenters. The lowest BCUT2D eigenvalue weighted by Crippen LogP contribution is -2.15. The van der Waals surface area contributed by atoms with E-state index >= 15 is 0 Å². The van der Waals surface area contributed by atoms with E-state index in [1.807, 2.05) is 0 Å². The summed E-state index contributed by atoms with van der Waals surface area (Å²) in [5, 5.41) is 1.66. The van der Waals surface area contributed by atoms with Crippen LogP contribution in [0.3, 0.4) is 0 Å². The Morgan fingerprint density at radius 1 is 1.40 bits per heavy atom. The lowest BCUT2D eigenvalue weighted by atomic mass is 10.2. The van der Waals surface area contributed by atoms with E-state index in [2.05, 4.69) is 9.71 Å². The molecule has 0 amide bonds. The second-order valence-electron chi connectivity index (χ2n) is 4.17. The molecule has 20 heavy (non-hydrogen) atoms. The van der Waals surface area contributed by atoms with Gasteiger partial charge in [-0.25, -0.2) is 13.4 Å². The molecule has 1 aromatic heterocycles. The Morgan fingerprint density at radius 2 is 2.10 bits per heavy atom. The Hall–Kier alpha value is -1.93. The fourth-order valence-electron chi connectivity index (χ4n) is 1.57. The number of benzene rings is 1. The second kappa shape index (κ2) is 5.22. The first-order valence-corrected chi connectivity index (χ1v) is 8.02. The first kappa shape index (κ1) is 14.5. The summed E-state index contributed by atoms with van der Waals surface area (Å²) in [6, 6.07) is 4.67. The van der Waals surface area contributed by atoms with E-state index in [0.29, 0.717) is 11.3 Å². The van der Waals surface area contributed by atoms with Gasteiger partial charge in [-0.1, -0.05) is 6.07 Å². The van der Waals surface area contributed by atoms with Crippen LogP contribution in [0.5, 0.6) is 0 Å². The smallest absolute Gasteiger partial charge is 0.264 e. The molecule has 0 fully saturated rings. The molecule has 0 saturated heterocycles. The number of anilines is 2. The van der Waals surface area contributed by atoms with Crippen LogP contribution < -0.4 is 10.5 Å². The number of hydrogen-bond acceptors (Lipinski definition) is 6.